The van der Waals surface area contributed by atoms with Crippen molar-refractivity contribution < 1.29 is 0 Å². The molecule has 88 valence electrons. The summed E-state index contributed by atoms with van der Waals surface area (Å²) in [5.41, 5.74) is 8.84. The summed E-state index contributed by atoms with van der Waals surface area (Å²) in [5, 5.41) is 11.0. The van der Waals surface area contributed by atoms with Crippen LogP contribution in [0.2, 0.25) is 0 Å². The molecule has 0 saturated heterocycles. The Morgan fingerprint density at radius 3 is 2.29 bits per heavy atom. The SMILES string of the molecule is Cc1cc(Br)cc(C)c1Nc1ccc(N)nn1. The molecule has 1 aromatic carbocycles. The standard InChI is InChI=1S/C12H13BrN4/c1-7-5-9(13)6-8(2)12(7)15-11-4-3-10(14)16-17-11/h3-6H,1-2H3,(H2,14,16)(H,15,17). The molecule has 0 saturated carbocycles. The Balaban J connectivity index is 2.33. The van der Waals surface area contributed by atoms with E-state index >= 15 is 0 Å². The topological polar surface area (TPSA) is 63.8 Å². The minimum atomic E-state index is 0.416. The molecule has 0 bridgehead atoms. The summed E-state index contributed by atoms with van der Waals surface area (Å²) >= 11 is 3.47. The molecule has 0 spiro atoms. The van der Waals surface area contributed by atoms with Crippen LogP contribution in [0.25, 0.3) is 0 Å². The summed E-state index contributed by atoms with van der Waals surface area (Å²) < 4.78 is 1.07. The van der Waals surface area contributed by atoms with E-state index < -0.39 is 0 Å². The summed E-state index contributed by atoms with van der Waals surface area (Å²) in [6.07, 6.45) is 0. The van der Waals surface area contributed by atoms with Gasteiger partial charge in [-0.1, -0.05) is 15.9 Å². The second kappa shape index (κ2) is 4.71. The number of hydrogen-bond acceptors (Lipinski definition) is 4. The number of benzene rings is 1. The summed E-state index contributed by atoms with van der Waals surface area (Å²) in [6.45, 7) is 4.09. The Kier molecular flexibility index (Phi) is 3.28. The molecule has 5 heteroatoms. The van der Waals surface area contributed by atoms with Gasteiger partial charge in [0.15, 0.2) is 5.82 Å². The Morgan fingerprint density at radius 2 is 1.76 bits per heavy atom. The normalized spacial score (nSPS) is 10.3. The van der Waals surface area contributed by atoms with E-state index in [1.54, 1.807) is 6.07 Å². The Labute approximate surface area is 108 Å². The van der Waals surface area contributed by atoms with Crippen molar-refractivity contribution >= 4 is 33.3 Å². The third-order valence-corrected chi connectivity index (χ3v) is 2.89. The van der Waals surface area contributed by atoms with Gasteiger partial charge in [-0.15, -0.1) is 10.2 Å². The van der Waals surface area contributed by atoms with Gasteiger partial charge in [-0.25, -0.2) is 0 Å². The smallest absolute Gasteiger partial charge is 0.153 e. The van der Waals surface area contributed by atoms with E-state index in [-0.39, 0.29) is 0 Å². The van der Waals surface area contributed by atoms with E-state index in [4.69, 9.17) is 5.73 Å². The molecule has 0 aliphatic rings. The molecule has 0 aliphatic heterocycles. The number of anilines is 3. The average Bonchev–Trinajstić information content (AvgIpc) is 2.26. The molecular weight excluding hydrogens is 280 g/mol. The molecule has 4 nitrogen and oxygen atoms in total. The van der Waals surface area contributed by atoms with Crippen LogP contribution in [0.1, 0.15) is 11.1 Å². The van der Waals surface area contributed by atoms with Crippen LogP contribution < -0.4 is 11.1 Å². The zero-order valence-corrected chi connectivity index (χ0v) is 11.2. The van der Waals surface area contributed by atoms with Crippen LogP contribution >= 0.6 is 15.9 Å². The van der Waals surface area contributed by atoms with Gasteiger partial charge in [0.25, 0.3) is 0 Å². The molecule has 2 rings (SSSR count). The molecule has 0 radical (unpaired) electrons. The summed E-state index contributed by atoms with van der Waals surface area (Å²) in [7, 11) is 0. The maximum absolute atomic E-state index is 5.49. The van der Waals surface area contributed by atoms with Crippen LogP contribution in [0.15, 0.2) is 28.7 Å². The van der Waals surface area contributed by atoms with Crippen molar-refractivity contribution in [2.45, 2.75) is 13.8 Å². The quantitative estimate of drug-likeness (QED) is 0.892. The van der Waals surface area contributed by atoms with Crippen LogP contribution in [-0.2, 0) is 0 Å². The number of nitrogen functional groups attached to an aromatic ring is 1. The first-order valence-electron chi connectivity index (χ1n) is 5.19. The number of halogens is 1. The van der Waals surface area contributed by atoms with E-state index in [9.17, 15) is 0 Å². The number of nitrogens with one attached hydrogen (secondary N) is 1. The van der Waals surface area contributed by atoms with Gasteiger partial charge in [-0.3, -0.25) is 0 Å². The second-order valence-electron chi connectivity index (χ2n) is 3.88. The molecule has 17 heavy (non-hydrogen) atoms. The zero-order valence-electron chi connectivity index (χ0n) is 9.66. The van der Waals surface area contributed by atoms with Gasteiger partial charge in [0, 0.05) is 10.2 Å². The number of nitrogens with two attached hydrogens (primary N) is 1. The number of aromatic nitrogens is 2. The average molecular weight is 293 g/mol. The van der Waals surface area contributed by atoms with Crippen LogP contribution in [0.3, 0.4) is 0 Å². The van der Waals surface area contributed by atoms with Crippen molar-refractivity contribution in [3.63, 3.8) is 0 Å². The van der Waals surface area contributed by atoms with E-state index in [2.05, 4.69) is 43.6 Å². The van der Waals surface area contributed by atoms with E-state index in [0.29, 0.717) is 11.6 Å². The van der Waals surface area contributed by atoms with E-state index in [1.807, 2.05) is 19.9 Å². The van der Waals surface area contributed by atoms with Gasteiger partial charge in [0.2, 0.25) is 0 Å². The summed E-state index contributed by atoms with van der Waals surface area (Å²) in [6, 6.07) is 7.64. The van der Waals surface area contributed by atoms with Gasteiger partial charge in [-0.05, 0) is 49.2 Å². The molecular formula is C12H13BrN4. The monoisotopic (exact) mass is 292 g/mol. The number of hydrogen-bond donors (Lipinski definition) is 2. The maximum atomic E-state index is 5.49. The highest BCUT2D eigenvalue weighted by Gasteiger charge is 2.05. The molecule has 0 atom stereocenters. The fraction of sp³-hybridized carbons (Fsp3) is 0.167. The molecule has 0 aliphatic carbocycles. The van der Waals surface area contributed by atoms with Gasteiger partial charge >= 0.3 is 0 Å². The van der Waals surface area contributed by atoms with Gasteiger partial charge < -0.3 is 11.1 Å². The highest BCUT2D eigenvalue weighted by molar-refractivity contribution is 9.10. The van der Waals surface area contributed by atoms with Crippen molar-refractivity contribution in [1.82, 2.24) is 10.2 Å². The van der Waals surface area contributed by atoms with E-state index in [0.717, 1.165) is 21.3 Å². The van der Waals surface area contributed by atoms with Crippen molar-refractivity contribution in [1.29, 1.82) is 0 Å². The Hall–Kier alpha value is -1.62. The lowest BCUT2D eigenvalue weighted by Gasteiger charge is -2.12. The van der Waals surface area contributed by atoms with Crippen molar-refractivity contribution in [3.05, 3.63) is 39.9 Å². The van der Waals surface area contributed by atoms with Gasteiger partial charge in [0.05, 0.1) is 0 Å². The largest absolute Gasteiger partial charge is 0.382 e. The molecule has 0 fully saturated rings. The summed E-state index contributed by atoms with van der Waals surface area (Å²) in [5.74, 6) is 1.10. The number of rotatable bonds is 2. The third kappa shape index (κ3) is 2.74. The first-order chi connectivity index (χ1) is 8.06. The van der Waals surface area contributed by atoms with Crippen LogP contribution in [0.5, 0.6) is 0 Å². The molecule has 0 unspecified atom stereocenters. The van der Waals surface area contributed by atoms with E-state index in [1.165, 1.54) is 0 Å². The molecule has 3 N–H and O–H groups in total. The Morgan fingerprint density at radius 1 is 1.12 bits per heavy atom. The highest BCUT2D eigenvalue weighted by atomic mass is 79.9. The van der Waals surface area contributed by atoms with Crippen LogP contribution in [0, 0.1) is 13.8 Å². The molecule has 1 heterocycles. The van der Waals surface area contributed by atoms with Crippen LogP contribution in [-0.4, -0.2) is 10.2 Å². The van der Waals surface area contributed by atoms with Gasteiger partial charge in [-0.2, -0.15) is 0 Å². The first-order valence-corrected chi connectivity index (χ1v) is 5.98. The second-order valence-corrected chi connectivity index (χ2v) is 4.80. The maximum Gasteiger partial charge on any atom is 0.153 e. The lowest BCUT2D eigenvalue weighted by atomic mass is 10.1. The predicted octanol–water partition coefficient (Wildman–Crippen LogP) is 3.18. The fourth-order valence-corrected chi connectivity index (χ4v) is 2.33. The predicted molar refractivity (Wildman–Crippen MR) is 73.3 cm³/mol. The summed E-state index contributed by atoms with van der Waals surface area (Å²) in [4.78, 5) is 0. The first kappa shape index (κ1) is 11.9. The Bertz CT molecular complexity index is 514. The molecule has 2 aromatic rings. The van der Waals surface area contributed by atoms with Crippen molar-refractivity contribution in [2.24, 2.45) is 0 Å². The minimum absolute atomic E-state index is 0.416. The molecule has 1 aromatic heterocycles. The number of nitrogens with zero attached hydrogens (tertiary/aromatic N) is 2. The lowest BCUT2D eigenvalue weighted by Crippen LogP contribution is -2.01. The highest BCUT2D eigenvalue weighted by Crippen LogP contribution is 2.27. The number of aryl methyl sites for hydroxylation is 2. The zero-order chi connectivity index (χ0) is 12.4. The molecule has 0 amide bonds. The van der Waals surface area contributed by atoms with Crippen molar-refractivity contribution in [2.75, 3.05) is 11.1 Å². The van der Waals surface area contributed by atoms with Gasteiger partial charge in [0.1, 0.15) is 5.82 Å². The fourth-order valence-electron chi connectivity index (χ4n) is 1.65. The minimum Gasteiger partial charge on any atom is -0.382 e. The van der Waals surface area contributed by atoms with Crippen molar-refractivity contribution in [3.8, 4) is 0 Å². The lowest BCUT2D eigenvalue weighted by molar-refractivity contribution is 1.04. The third-order valence-electron chi connectivity index (χ3n) is 2.44. The van der Waals surface area contributed by atoms with Crippen LogP contribution in [0.4, 0.5) is 17.3 Å².